The molecule has 314 valence electrons. The first-order valence-corrected chi connectivity index (χ1v) is 21.5. The van der Waals surface area contributed by atoms with Gasteiger partial charge in [0.05, 0.1) is 11.8 Å². The van der Waals surface area contributed by atoms with Crippen LogP contribution < -0.4 is 25.4 Å². The number of carbonyl (C=O) groups excluding carboxylic acids is 4. The number of rotatable bonds is 14. The van der Waals surface area contributed by atoms with E-state index in [4.69, 9.17) is 9.47 Å². The Bertz CT molecular complexity index is 2190. The molecule has 4 aliphatic rings. The maximum Gasteiger partial charge on any atom is 0.408 e. The molecule has 4 N–H and O–H groups in total. The van der Waals surface area contributed by atoms with Crippen LogP contribution >= 0.6 is 0 Å². The van der Waals surface area contributed by atoms with E-state index in [9.17, 15) is 32.0 Å². The highest BCUT2D eigenvalue weighted by Crippen LogP contribution is 2.45. The monoisotopic (exact) mass is 831 g/mol. The molecule has 3 aliphatic carbocycles. The number of hydrogen-bond donors (Lipinski definition) is 4. The zero-order valence-corrected chi connectivity index (χ0v) is 34.1. The first-order valence-electron chi connectivity index (χ1n) is 20.0. The van der Waals surface area contributed by atoms with E-state index in [1.807, 2.05) is 30.3 Å². The quantitative estimate of drug-likeness (QED) is 0.157. The molecular formula is C42H50FN7O8S. The first-order chi connectivity index (χ1) is 28.0. The van der Waals surface area contributed by atoms with Crippen LogP contribution in [0.3, 0.4) is 0 Å². The lowest BCUT2D eigenvalue weighted by Crippen LogP contribution is -2.60. The van der Waals surface area contributed by atoms with Crippen LogP contribution in [0.15, 0.2) is 73.3 Å². The van der Waals surface area contributed by atoms with Crippen molar-refractivity contribution in [1.82, 2.24) is 30.2 Å². The second-order valence-electron chi connectivity index (χ2n) is 16.8. The number of amides is 4. The number of carbonyl (C=O) groups is 4. The third kappa shape index (κ3) is 9.67. The van der Waals surface area contributed by atoms with E-state index in [0.29, 0.717) is 35.7 Å². The van der Waals surface area contributed by atoms with E-state index in [2.05, 4.69) is 37.2 Å². The highest BCUT2D eigenvalue weighted by atomic mass is 32.2. The SMILES string of the molecule is C=CC1C[C@]1(NC(=O)[C@@H]1C[C@@H](Oc2cc(Nc3ccc(F)cc3)nc(-c3ccccc3)n2)CN1C(=O)[C@@H](NC(=O)OC1CCCC1)C(C)(C)C)C(=O)NS(=O)(=O)C1CC1. The number of alkyl carbamates (subject to hydrolysis) is 1. The van der Waals surface area contributed by atoms with Crippen molar-refractivity contribution in [3.05, 3.63) is 79.1 Å². The topological polar surface area (TPSA) is 198 Å². The number of halogens is 1. The van der Waals surface area contributed by atoms with Gasteiger partial charge in [-0.2, -0.15) is 4.98 Å². The molecule has 3 aromatic rings. The van der Waals surface area contributed by atoms with Gasteiger partial charge in [0.25, 0.3) is 5.91 Å². The van der Waals surface area contributed by atoms with E-state index < -0.39 is 80.0 Å². The Hall–Kier alpha value is -5.58. The summed E-state index contributed by atoms with van der Waals surface area (Å²) in [5.74, 6) is -2.37. The maximum absolute atomic E-state index is 14.7. The zero-order valence-electron chi connectivity index (χ0n) is 33.3. The highest BCUT2D eigenvalue weighted by molar-refractivity contribution is 7.91. The van der Waals surface area contributed by atoms with E-state index in [1.165, 1.54) is 23.1 Å². The van der Waals surface area contributed by atoms with Gasteiger partial charge in [0.15, 0.2) is 5.82 Å². The predicted molar refractivity (Wildman–Crippen MR) is 216 cm³/mol. The molecule has 0 bridgehead atoms. The van der Waals surface area contributed by atoms with Gasteiger partial charge in [-0.1, -0.05) is 57.2 Å². The molecule has 59 heavy (non-hydrogen) atoms. The van der Waals surface area contributed by atoms with E-state index in [-0.39, 0.29) is 31.4 Å². The van der Waals surface area contributed by atoms with Gasteiger partial charge in [0.1, 0.15) is 41.5 Å². The molecular weight excluding hydrogens is 782 g/mol. The Morgan fingerprint density at radius 3 is 2.31 bits per heavy atom. The van der Waals surface area contributed by atoms with Gasteiger partial charge in [0, 0.05) is 29.7 Å². The van der Waals surface area contributed by atoms with Gasteiger partial charge in [0.2, 0.25) is 27.7 Å². The molecule has 1 aromatic heterocycles. The molecule has 17 heteroatoms. The summed E-state index contributed by atoms with van der Waals surface area (Å²) in [4.78, 5) is 66.5. The van der Waals surface area contributed by atoms with Gasteiger partial charge in [-0.3, -0.25) is 19.1 Å². The fourth-order valence-corrected chi connectivity index (χ4v) is 9.00. The average molecular weight is 832 g/mol. The maximum atomic E-state index is 14.7. The average Bonchev–Trinajstić information content (AvgIpc) is 4.08. The molecule has 3 saturated carbocycles. The third-order valence-corrected chi connectivity index (χ3v) is 13.0. The van der Waals surface area contributed by atoms with Crippen molar-refractivity contribution in [3.8, 4) is 17.3 Å². The van der Waals surface area contributed by atoms with Crippen molar-refractivity contribution < 1.29 is 41.5 Å². The summed E-state index contributed by atoms with van der Waals surface area (Å²) < 4.78 is 53.5. The van der Waals surface area contributed by atoms with Crippen LogP contribution in [0.5, 0.6) is 5.88 Å². The summed E-state index contributed by atoms with van der Waals surface area (Å²) >= 11 is 0. The largest absolute Gasteiger partial charge is 0.472 e. The molecule has 7 rings (SSSR count). The minimum Gasteiger partial charge on any atom is -0.472 e. The zero-order chi connectivity index (χ0) is 42.1. The van der Waals surface area contributed by atoms with Crippen molar-refractivity contribution in [2.24, 2.45) is 11.3 Å². The van der Waals surface area contributed by atoms with Crippen LogP contribution in [-0.2, 0) is 29.1 Å². The summed E-state index contributed by atoms with van der Waals surface area (Å²) in [6.07, 6.45) is 3.93. The van der Waals surface area contributed by atoms with Crippen LogP contribution in [0.25, 0.3) is 11.4 Å². The number of anilines is 2. The molecule has 0 radical (unpaired) electrons. The Labute approximate surface area is 343 Å². The fourth-order valence-electron chi connectivity index (χ4n) is 7.64. The van der Waals surface area contributed by atoms with E-state index in [1.54, 1.807) is 39.0 Å². The molecule has 5 atom stereocenters. The van der Waals surface area contributed by atoms with Gasteiger partial charge in [-0.05, 0) is 74.6 Å². The Balaban J connectivity index is 1.18. The standard InChI is InChI=1S/C42H50FN7O8S/c1-5-26-23-42(26,39(53)49-59(55,56)31-19-20-31)48-37(51)32-21-30(24-50(32)38(52)35(41(2,3)4)47-40(54)58-29-13-9-10-14-29)57-34-22-33(44-28-17-15-27(43)16-18-28)45-36(46-34)25-11-7-6-8-12-25/h5-8,11-12,15-18,22,26,29-32,35H,1,9-10,13-14,19-21,23-24H2,2-4H3,(H,47,54)(H,48,51)(H,49,53)(H,44,45,46)/t26?,30-,32+,35-,42-/m1/s1. The molecule has 1 unspecified atom stereocenters. The third-order valence-electron chi connectivity index (χ3n) is 11.2. The lowest BCUT2D eigenvalue weighted by molar-refractivity contribution is -0.143. The first kappa shape index (κ1) is 41.6. The van der Waals surface area contributed by atoms with Gasteiger partial charge in [-0.15, -0.1) is 6.58 Å². The number of aromatic nitrogens is 2. The Kier molecular flexibility index (Phi) is 11.7. The molecule has 4 fully saturated rings. The smallest absolute Gasteiger partial charge is 0.408 e. The molecule has 2 heterocycles. The number of benzene rings is 2. The number of nitrogens with one attached hydrogen (secondary N) is 4. The second kappa shape index (κ2) is 16.6. The van der Waals surface area contributed by atoms with Crippen LogP contribution in [0, 0.1) is 17.2 Å². The van der Waals surface area contributed by atoms with Gasteiger partial charge >= 0.3 is 6.09 Å². The van der Waals surface area contributed by atoms with Crippen LogP contribution in [0.4, 0.5) is 20.7 Å². The Morgan fingerprint density at radius 2 is 1.68 bits per heavy atom. The Morgan fingerprint density at radius 1 is 0.983 bits per heavy atom. The number of sulfonamides is 1. The fraction of sp³-hybridized carbons (Fsp3) is 0.476. The summed E-state index contributed by atoms with van der Waals surface area (Å²) in [6, 6.07) is 14.1. The minimum absolute atomic E-state index is 0.0524. The van der Waals surface area contributed by atoms with Crippen LogP contribution in [0.1, 0.15) is 72.1 Å². The lowest BCUT2D eigenvalue weighted by Gasteiger charge is -2.35. The highest BCUT2D eigenvalue weighted by Gasteiger charge is 2.62. The van der Waals surface area contributed by atoms with Crippen molar-refractivity contribution in [2.45, 2.75) is 107 Å². The van der Waals surface area contributed by atoms with Crippen molar-refractivity contribution in [2.75, 3.05) is 11.9 Å². The molecule has 1 saturated heterocycles. The number of nitrogens with zero attached hydrogens (tertiary/aromatic N) is 3. The predicted octanol–water partition coefficient (Wildman–Crippen LogP) is 5.13. The number of ether oxygens (including phenoxy) is 2. The molecule has 0 spiro atoms. The number of likely N-dealkylation sites (tertiary alicyclic amines) is 1. The number of hydrogen-bond acceptors (Lipinski definition) is 11. The van der Waals surface area contributed by atoms with Crippen LogP contribution in [0.2, 0.25) is 0 Å². The van der Waals surface area contributed by atoms with Crippen LogP contribution in [-0.4, -0.2) is 88.7 Å². The summed E-state index contributed by atoms with van der Waals surface area (Å²) in [7, 11) is -3.94. The molecule has 2 aromatic carbocycles. The minimum atomic E-state index is -3.94. The van der Waals surface area contributed by atoms with Crippen molar-refractivity contribution >= 4 is 45.3 Å². The van der Waals surface area contributed by atoms with Gasteiger partial charge < -0.3 is 30.3 Å². The van der Waals surface area contributed by atoms with Crippen molar-refractivity contribution in [3.63, 3.8) is 0 Å². The summed E-state index contributed by atoms with van der Waals surface area (Å²) in [5, 5.41) is 8.03. The summed E-state index contributed by atoms with van der Waals surface area (Å²) in [6.45, 7) is 9.01. The summed E-state index contributed by atoms with van der Waals surface area (Å²) in [5.41, 5.74) is -1.21. The van der Waals surface area contributed by atoms with E-state index in [0.717, 1.165) is 25.7 Å². The van der Waals surface area contributed by atoms with Crippen molar-refractivity contribution in [1.29, 1.82) is 0 Å². The molecule has 1 aliphatic heterocycles. The van der Waals surface area contributed by atoms with E-state index >= 15 is 0 Å². The van der Waals surface area contributed by atoms with Gasteiger partial charge in [-0.25, -0.2) is 22.6 Å². The molecule has 15 nitrogen and oxygen atoms in total. The normalized spacial score (nSPS) is 23.5. The second-order valence-corrected chi connectivity index (χ2v) is 18.8. The lowest BCUT2D eigenvalue weighted by atomic mass is 9.85. The molecule has 4 amide bonds.